The van der Waals surface area contributed by atoms with E-state index in [1.54, 1.807) is 0 Å². The van der Waals surface area contributed by atoms with E-state index in [1.165, 1.54) is 0 Å². The Hall–Kier alpha value is 0.270. The number of rotatable bonds is 11. The second-order valence-corrected chi connectivity index (χ2v) is 18.9. The number of aliphatic hydroxyl groups is 4. The Kier molecular flexibility index (Phi) is 8.88. The third-order valence-corrected chi connectivity index (χ3v) is 15.3. The molecule has 4 N–H and O–H groups in total. The molecule has 28 heavy (non-hydrogen) atoms. The molecule has 0 aromatic heterocycles. The van der Waals surface area contributed by atoms with E-state index in [0.29, 0.717) is 25.4 Å². The van der Waals surface area contributed by atoms with Crippen molar-refractivity contribution in [3.63, 3.8) is 0 Å². The Morgan fingerprint density at radius 2 is 0.929 bits per heavy atom. The van der Waals surface area contributed by atoms with Gasteiger partial charge < -0.3 is 0 Å². The van der Waals surface area contributed by atoms with Gasteiger partial charge >= 0.3 is 175 Å². The van der Waals surface area contributed by atoms with Crippen LogP contribution in [0.25, 0.3) is 0 Å². The van der Waals surface area contributed by atoms with Crippen molar-refractivity contribution in [2.75, 3.05) is 6.16 Å². The monoisotopic (exact) mass is 422 g/mol. The maximum absolute atomic E-state index is 10.8. The Bertz CT molecular complexity index is 466. The maximum atomic E-state index is 10.8. The van der Waals surface area contributed by atoms with Gasteiger partial charge in [0.15, 0.2) is 0 Å². The van der Waals surface area contributed by atoms with Crippen molar-refractivity contribution in [2.24, 2.45) is 0 Å². The van der Waals surface area contributed by atoms with Crippen molar-refractivity contribution < 1.29 is 20.4 Å². The minimum atomic E-state index is -2.55. The predicted octanol–water partition coefficient (Wildman–Crippen LogP) is 4.55. The van der Waals surface area contributed by atoms with Crippen LogP contribution in [0.3, 0.4) is 0 Å². The van der Waals surface area contributed by atoms with Gasteiger partial charge in [0.25, 0.3) is 0 Å². The Balaban J connectivity index is 6.98. The zero-order valence-electron chi connectivity index (χ0n) is 20.8. The molecular weight excluding hydrogens is 371 g/mol. The molecule has 0 saturated heterocycles. The normalized spacial score (nSPS) is 18.1. The quantitative estimate of drug-likeness (QED) is 0.368. The van der Waals surface area contributed by atoms with E-state index in [-0.39, 0.29) is 15.5 Å². The summed E-state index contributed by atoms with van der Waals surface area (Å²) in [6.45, 7) is 24.5. The molecule has 0 aliphatic heterocycles. The SMILES string of the molecule is CC(O)CC(C)(C)[PH](CC(C)O)(C(C)(C)CC(C)(C)O)C(C)(C)CC(C)(C)O. The molecule has 2 atom stereocenters. The molecule has 0 heterocycles. The van der Waals surface area contributed by atoms with Crippen molar-refractivity contribution in [1.82, 2.24) is 0 Å². The summed E-state index contributed by atoms with van der Waals surface area (Å²) in [5, 5.41) is 41.8. The minimum absolute atomic E-state index is 0.221. The van der Waals surface area contributed by atoms with Crippen LogP contribution in [0, 0.1) is 0 Å². The molecule has 5 heteroatoms. The molecule has 0 bridgehead atoms. The average molecular weight is 423 g/mol. The van der Waals surface area contributed by atoms with Gasteiger partial charge in [-0.15, -0.1) is 0 Å². The molecule has 0 aromatic rings. The number of hydrogen-bond donors (Lipinski definition) is 4. The Morgan fingerprint density at radius 1 is 0.607 bits per heavy atom. The Morgan fingerprint density at radius 3 is 1.14 bits per heavy atom. The first-order valence-electron chi connectivity index (χ1n) is 10.8. The van der Waals surface area contributed by atoms with Gasteiger partial charge in [-0.3, -0.25) is 0 Å². The molecule has 0 radical (unpaired) electrons. The van der Waals surface area contributed by atoms with Gasteiger partial charge in [-0.25, -0.2) is 0 Å². The van der Waals surface area contributed by atoms with Crippen LogP contribution in [0.1, 0.15) is 102 Å². The van der Waals surface area contributed by atoms with Crippen molar-refractivity contribution in [3.05, 3.63) is 0 Å². The van der Waals surface area contributed by atoms with Crippen LogP contribution >= 0.6 is 7.26 Å². The van der Waals surface area contributed by atoms with Gasteiger partial charge in [0, 0.05) is 0 Å². The molecule has 0 amide bonds. The van der Waals surface area contributed by atoms with Crippen LogP contribution in [-0.2, 0) is 0 Å². The van der Waals surface area contributed by atoms with E-state index >= 15 is 0 Å². The summed E-state index contributed by atoms with van der Waals surface area (Å²) in [4.78, 5) is 0. The van der Waals surface area contributed by atoms with E-state index in [4.69, 9.17) is 0 Å². The van der Waals surface area contributed by atoms with Crippen LogP contribution < -0.4 is 0 Å². The van der Waals surface area contributed by atoms with Gasteiger partial charge in [0.2, 0.25) is 0 Å². The number of aliphatic hydroxyl groups excluding tert-OH is 2. The third-order valence-electron chi connectivity index (χ3n) is 6.62. The molecule has 172 valence electrons. The summed E-state index contributed by atoms with van der Waals surface area (Å²) >= 11 is 0. The molecule has 0 saturated carbocycles. The topological polar surface area (TPSA) is 80.9 Å². The van der Waals surface area contributed by atoms with E-state index in [1.807, 2.05) is 41.5 Å². The molecule has 0 aromatic carbocycles. The molecule has 2 unspecified atom stereocenters. The molecule has 0 rings (SSSR count). The van der Waals surface area contributed by atoms with Gasteiger partial charge in [0.1, 0.15) is 0 Å². The fraction of sp³-hybridized carbons (Fsp3) is 1.00. The van der Waals surface area contributed by atoms with E-state index < -0.39 is 30.7 Å². The van der Waals surface area contributed by atoms with Crippen LogP contribution in [0.5, 0.6) is 0 Å². The average Bonchev–Trinajstić information content (AvgIpc) is 2.26. The van der Waals surface area contributed by atoms with Crippen molar-refractivity contribution in [3.8, 4) is 0 Å². The molecule has 0 aliphatic carbocycles. The van der Waals surface area contributed by atoms with Crippen LogP contribution in [0.2, 0.25) is 0 Å². The van der Waals surface area contributed by atoms with Crippen molar-refractivity contribution in [2.45, 2.75) is 141 Å². The molecule has 4 nitrogen and oxygen atoms in total. The van der Waals surface area contributed by atoms with E-state index in [9.17, 15) is 20.4 Å². The zero-order chi connectivity index (χ0) is 23.0. The van der Waals surface area contributed by atoms with Gasteiger partial charge in [-0.05, 0) is 0 Å². The summed E-state index contributed by atoms with van der Waals surface area (Å²) in [6, 6.07) is 0. The first kappa shape index (κ1) is 28.3. The Labute approximate surface area is 175 Å². The summed E-state index contributed by atoms with van der Waals surface area (Å²) in [5.41, 5.74) is -1.68. The standard InChI is InChI=1S/C23H51O4P/c1-17(24)13-21(7,8)28(14-18(2)25,22(9,10)15-19(3,4)26)23(11,12)16-20(5,6)27/h17-18,24-28H,13-16H2,1-12H3. The molecule has 0 spiro atoms. The van der Waals surface area contributed by atoms with Crippen molar-refractivity contribution in [1.29, 1.82) is 0 Å². The van der Waals surface area contributed by atoms with Crippen LogP contribution in [-0.4, -0.2) is 65.5 Å². The fourth-order valence-electron chi connectivity index (χ4n) is 7.40. The van der Waals surface area contributed by atoms with E-state index in [0.717, 1.165) is 0 Å². The molecule has 0 fully saturated rings. The van der Waals surface area contributed by atoms with Crippen molar-refractivity contribution >= 4 is 7.26 Å². The van der Waals surface area contributed by atoms with Gasteiger partial charge in [-0.1, -0.05) is 0 Å². The van der Waals surface area contributed by atoms with Gasteiger partial charge in [-0.2, -0.15) is 0 Å². The second-order valence-electron chi connectivity index (χ2n) is 12.6. The number of hydrogen-bond acceptors (Lipinski definition) is 4. The molecular formula is C23H51O4P. The zero-order valence-corrected chi connectivity index (χ0v) is 21.8. The summed E-state index contributed by atoms with van der Waals surface area (Å²) in [6.07, 6.45) is 1.58. The fourth-order valence-corrected chi connectivity index (χ4v) is 17.6. The van der Waals surface area contributed by atoms with Crippen LogP contribution in [0.4, 0.5) is 0 Å². The van der Waals surface area contributed by atoms with Crippen LogP contribution in [0.15, 0.2) is 0 Å². The first-order chi connectivity index (χ1) is 12.0. The summed E-state index contributed by atoms with van der Waals surface area (Å²) < 4.78 is 0. The van der Waals surface area contributed by atoms with E-state index in [2.05, 4.69) is 41.5 Å². The third kappa shape index (κ3) is 6.91. The van der Waals surface area contributed by atoms with Gasteiger partial charge in [0.05, 0.1) is 0 Å². The summed E-state index contributed by atoms with van der Waals surface area (Å²) in [7, 11) is -2.55. The first-order valence-corrected chi connectivity index (χ1v) is 13.0. The second kappa shape index (κ2) is 8.79. The molecule has 0 aliphatic rings. The summed E-state index contributed by atoms with van der Waals surface area (Å²) in [5.74, 6) is 0. The predicted molar refractivity (Wildman–Crippen MR) is 125 cm³/mol.